The number of rotatable bonds is 6. The van der Waals surface area contributed by atoms with Crippen LogP contribution in [0.25, 0.3) is 0 Å². The van der Waals surface area contributed by atoms with Gasteiger partial charge in [0, 0.05) is 13.1 Å². The Labute approximate surface area is 80.2 Å². The van der Waals surface area contributed by atoms with Crippen molar-refractivity contribution in [3.63, 3.8) is 0 Å². The first-order valence-corrected chi connectivity index (χ1v) is 5.16. The van der Waals surface area contributed by atoms with Crippen LogP contribution in [0.15, 0.2) is 0 Å². The van der Waals surface area contributed by atoms with Gasteiger partial charge in [0.05, 0.1) is 11.7 Å². The average molecular weight is 187 g/mol. The molecule has 0 aromatic heterocycles. The van der Waals surface area contributed by atoms with E-state index in [2.05, 4.69) is 5.32 Å². The van der Waals surface area contributed by atoms with Crippen LogP contribution in [-0.4, -0.2) is 35.0 Å². The fourth-order valence-corrected chi connectivity index (χ4v) is 1.26. The van der Waals surface area contributed by atoms with E-state index in [9.17, 15) is 10.2 Å². The molecule has 1 fully saturated rings. The monoisotopic (exact) mass is 187 g/mol. The molecule has 3 N–H and O–H groups in total. The Morgan fingerprint density at radius 2 is 2.15 bits per heavy atom. The van der Waals surface area contributed by atoms with E-state index in [1.807, 2.05) is 13.8 Å². The summed E-state index contributed by atoms with van der Waals surface area (Å²) in [6.07, 6.45) is 2.84. The Morgan fingerprint density at radius 1 is 1.54 bits per heavy atom. The normalized spacial score (nSPS) is 24.0. The van der Waals surface area contributed by atoms with Gasteiger partial charge in [0.15, 0.2) is 0 Å². The van der Waals surface area contributed by atoms with Crippen LogP contribution in [-0.2, 0) is 0 Å². The highest BCUT2D eigenvalue weighted by Gasteiger charge is 2.29. The van der Waals surface area contributed by atoms with Gasteiger partial charge in [-0.1, -0.05) is 6.92 Å². The number of aliphatic hydroxyl groups excluding tert-OH is 1. The lowest BCUT2D eigenvalue weighted by atomic mass is 10.0. The molecule has 1 saturated carbocycles. The largest absolute Gasteiger partial charge is 0.392 e. The predicted octanol–water partition coefficient (Wildman–Crippen LogP) is 0.508. The molecule has 3 nitrogen and oxygen atoms in total. The molecule has 78 valence electrons. The maximum atomic E-state index is 9.65. The smallest absolute Gasteiger partial charge is 0.0741 e. The Bertz CT molecular complexity index is 155. The van der Waals surface area contributed by atoms with E-state index in [1.54, 1.807) is 0 Å². The fraction of sp³-hybridized carbons (Fsp3) is 1.00. The van der Waals surface area contributed by atoms with Crippen molar-refractivity contribution in [1.29, 1.82) is 0 Å². The van der Waals surface area contributed by atoms with Crippen LogP contribution in [0.4, 0.5) is 0 Å². The zero-order valence-electron chi connectivity index (χ0n) is 8.58. The topological polar surface area (TPSA) is 52.5 Å². The Balaban J connectivity index is 2.05. The van der Waals surface area contributed by atoms with Crippen molar-refractivity contribution in [1.82, 2.24) is 5.32 Å². The molecule has 0 radical (unpaired) electrons. The van der Waals surface area contributed by atoms with Crippen LogP contribution in [0, 0.1) is 5.92 Å². The van der Waals surface area contributed by atoms with Gasteiger partial charge in [-0.2, -0.15) is 0 Å². The van der Waals surface area contributed by atoms with Crippen LogP contribution in [0.3, 0.4) is 0 Å². The summed E-state index contributed by atoms with van der Waals surface area (Å²) in [5, 5.41) is 22.3. The lowest BCUT2D eigenvalue weighted by molar-refractivity contribution is 0.0504. The second-order valence-corrected chi connectivity index (χ2v) is 4.39. The molecule has 2 unspecified atom stereocenters. The molecule has 13 heavy (non-hydrogen) atoms. The molecule has 0 bridgehead atoms. The standard InChI is InChI=1S/C10H21NO2/c1-3-10(2,13)7-11-6-9(12)8-4-5-8/h8-9,11-13H,3-7H2,1-2H3. The summed E-state index contributed by atoms with van der Waals surface area (Å²) >= 11 is 0. The van der Waals surface area contributed by atoms with Crippen LogP contribution >= 0.6 is 0 Å². The van der Waals surface area contributed by atoms with E-state index in [0.29, 0.717) is 19.0 Å². The third kappa shape index (κ3) is 4.07. The average Bonchev–Trinajstić information content (AvgIpc) is 2.86. The zero-order chi connectivity index (χ0) is 9.90. The van der Waals surface area contributed by atoms with Gasteiger partial charge < -0.3 is 15.5 Å². The van der Waals surface area contributed by atoms with E-state index in [1.165, 1.54) is 0 Å². The maximum absolute atomic E-state index is 9.65. The number of hydrogen-bond donors (Lipinski definition) is 3. The summed E-state index contributed by atoms with van der Waals surface area (Å²) in [6, 6.07) is 0. The number of aliphatic hydroxyl groups is 2. The van der Waals surface area contributed by atoms with E-state index >= 15 is 0 Å². The molecule has 0 aliphatic heterocycles. The molecular weight excluding hydrogens is 166 g/mol. The number of hydrogen-bond acceptors (Lipinski definition) is 3. The summed E-state index contributed by atoms with van der Waals surface area (Å²) < 4.78 is 0. The molecule has 3 heteroatoms. The Hall–Kier alpha value is -0.120. The summed E-state index contributed by atoms with van der Waals surface area (Å²) in [7, 11) is 0. The SMILES string of the molecule is CCC(C)(O)CNCC(O)C1CC1. The van der Waals surface area contributed by atoms with Gasteiger partial charge in [0.2, 0.25) is 0 Å². The van der Waals surface area contributed by atoms with Crippen molar-refractivity contribution in [2.24, 2.45) is 5.92 Å². The molecule has 0 spiro atoms. The fourth-order valence-electron chi connectivity index (χ4n) is 1.26. The van der Waals surface area contributed by atoms with E-state index in [4.69, 9.17) is 0 Å². The summed E-state index contributed by atoms with van der Waals surface area (Å²) in [4.78, 5) is 0. The van der Waals surface area contributed by atoms with Crippen molar-refractivity contribution in [2.45, 2.75) is 44.8 Å². The van der Waals surface area contributed by atoms with Crippen molar-refractivity contribution in [2.75, 3.05) is 13.1 Å². The van der Waals surface area contributed by atoms with Gasteiger partial charge in [0.25, 0.3) is 0 Å². The summed E-state index contributed by atoms with van der Waals surface area (Å²) in [6.45, 7) is 4.94. The second kappa shape index (κ2) is 4.40. The van der Waals surface area contributed by atoms with Gasteiger partial charge >= 0.3 is 0 Å². The van der Waals surface area contributed by atoms with Gasteiger partial charge in [-0.3, -0.25) is 0 Å². The van der Waals surface area contributed by atoms with Crippen LogP contribution in [0.5, 0.6) is 0 Å². The van der Waals surface area contributed by atoms with Gasteiger partial charge in [-0.15, -0.1) is 0 Å². The molecule has 0 heterocycles. The highest BCUT2D eigenvalue weighted by atomic mass is 16.3. The minimum Gasteiger partial charge on any atom is -0.392 e. The maximum Gasteiger partial charge on any atom is 0.0741 e. The first kappa shape index (κ1) is 11.0. The van der Waals surface area contributed by atoms with Gasteiger partial charge in [-0.25, -0.2) is 0 Å². The highest BCUT2D eigenvalue weighted by molar-refractivity contribution is 4.83. The lowest BCUT2D eigenvalue weighted by Gasteiger charge is -2.22. The molecule has 1 rings (SSSR count). The van der Waals surface area contributed by atoms with Crippen molar-refractivity contribution >= 4 is 0 Å². The predicted molar refractivity (Wildman–Crippen MR) is 52.5 cm³/mol. The minimum absolute atomic E-state index is 0.215. The summed E-state index contributed by atoms with van der Waals surface area (Å²) in [5.74, 6) is 0.513. The van der Waals surface area contributed by atoms with Crippen molar-refractivity contribution in [3.8, 4) is 0 Å². The number of nitrogens with one attached hydrogen (secondary N) is 1. The second-order valence-electron chi connectivity index (χ2n) is 4.39. The van der Waals surface area contributed by atoms with Crippen molar-refractivity contribution < 1.29 is 10.2 Å². The third-order valence-corrected chi connectivity index (χ3v) is 2.79. The molecule has 0 aromatic rings. The molecule has 0 saturated heterocycles. The first-order chi connectivity index (χ1) is 6.05. The third-order valence-electron chi connectivity index (χ3n) is 2.79. The lowest BCUT2D eigenvalue weighted by Crippen LogP contribution is -2.40. The molecule has 2 atom stereocenters. The summed E-state index contributed by atoms with van der Waals surface area (Å²) in [5.41, 5.74) is -0.636. The molecule has 0 amide bonds. The minimum atomic E-state index is -0.636. The van der Waals surface area contributed by atoms with Crippen LogP contribution < -0.4 is 5.32 Å². The van der Waals surface area contributed by atoms with Gasteiger partial charge in [-0.05, 0) is 32.1 Å². The molecule has 0 aromatic carbocycles. The highest BCUT2D eigenvalue weighted by Crippen LogP contribution is 2.32. The Morgan fingerprint density at radius 3 is 2.62 bits per heavy atom. The molecular formula is C10H21NO2. The van der Waals surface area contributed by atoms with E-state index in [-0.39, 0.29) is 6.10 Å². The van der Waals surface area contributed by atoms with E-state index in [0.717, 1.165) is 19.3 Å². The van der Waals surface area contributed by atoms with Crippen molar-refractivity contribution in [3.05, 3.63) is 0 Å². The molecule has 1 aliphatic rings. The van der Waals surface area contributed by atoms with E-state index < -0.39 is 5.60 Å². The Kier molecular flexibility index (Phi) is 3.71. The quantitative estimate of drug-likeness (QED) is 0.568. The van der Waals surface area contributed by atoms with Crippen LogP contribution in [0.2, 0.25) is 0 Å². The molecule has 1 aliphatic carbocycles. The first-order valence-electron chi connectivity index (χ1n) is 5.16. The van der Waals surface area contributed by atoms with Gasteiger partial charge in [0.1, 0.15) is 0 Å². The zero-order valence-corrected chi connectivity index (χ0v) is 8.58. The van der Waals surface area contributed by atoms with Crippen LogP contribution in [0.1, 0.15) is 33.1 Å².